The topological polar surface area (TPSA) is 31.4 Å². The molecule has 1 saturated carbocycles. The van der Waals surface area contributed by atoms with E-state index in [4.69, 9.17) is 9.31 Å². The van der Waals surface area contributed by atoms with Gasteiger partial charge in [-0.1, -0.05) is 31.0 Å². The van der Waals surface area contributed by atoms with Crippen LogP contribution in [0.5, 0.6) is 0 Å². The molecule has 2 aromatic rings. The molecule has 0 N–H and O–H groups in total. The van der Waals surface area contributed by atoms with E-state index in [0.29, 0.717) is 5.92 Å². The first-order valence-electron chi connectivity index (χ1n) is 9.11. The smallest absolute Gasteiger partial charge is 0.399 e. The first-order valence-corrected chi connectivity index (χ1v) is 9.11. The van der Waals surface area contributed by atoms with Crippen LogP contribution in [0.25, 0.3) is 10.8 Å². The van der Waals surface area contributed by atoms with Gasteiger partial charge < -0.3 is 9.31 Å². The molecule has 0 amide bonds. The summed E-state index contributed by atoms with van der Waals surface area (Å²) < 4.78 is 12.5. The molecule has 1 aromatic heterocycles. The highest BCUT2D eigenvalue weighted by Crippen LogP contribution is 2.38. The first kappa shape index (κ1) is 16.1. The lowest BCUT2D eigenvalue weighted by atomic mass is 9.77. The van der Waals surface area contributed by atoms with Crippen molar-refractivity contribution in [3.05, 3.63) is 36.2 Å². The Labute approximate surface area is 144 Å². The maximum atomic E-state index is 6.23. The van der Waals surface area contributed by atoms with Crippen LogP contribution in [0.4, 0.5) is 0 Å². The maximum absolute atomic E-state index is 6.23. The molecule has 0 radical (unpaired) electrons. The van der Waals surface area contributed by atoms with Gasteiger partial charge in [0.05, 0.1) is 11.2 Å². The van der Waals surface area contributed by atoms with Gasteiger partial charge in [0.25, 0.3) is 0 Å². The fourth-order valence-electron chi connectivity index (χ4n) is 3.89. The summed E-state index contributed by atoms with van der Waals surface area (Å²) in [5, 5.41) is 2.52. The molecule has 126 valence electrons. The Morgan fingerprint density at radius 1 is 1.00 bits per heavy atom. The van der Waals surface area contributed by atoms with Gasteiger partial charge in [0.2, 0.25) is 0 Å². The van der Waals surface area contributed by atoms with E-state index in [-0.39, 0.29) is 18.3 Å². The summed E-state index contributed by atoms with van der Waals surface area (Å²) in [5.41, 5.74) is 1.88. The molecule has 2 aliphatic rings. The van der Waals surface area contributed by atoms with Crippen molar-refractivity contribution in [1.29, 1.82) is 0 Å². The monoisotopic (exact) mass is 323 g/mol. The fraction of sp³-hybridized carbons (Fsp3) is 0.550. The molecule has 4 heteroatoms. The minimum Gasteiger partial charge on any atom is -0.399 e. The molecule has 2 heterocycles. The van der Waals surface area contributed by atoms with Crippen molar-refractivity contribution < 1.29 is 9.31 Å². The number of pyridine rings is 1. The highest BCUT2D eigenvalue weighted by Gasteiger charge is 2.51. The molecule has 0 bridgehead atoms. The average molecular weight is 323 g/mol. The van der Waals surface area contributed by atoms with E-state index >= 15 is 0 Å². The summed E-state index contributed by atoms with van der Waals surface area (Å²) in [6.07, 6.45) is 9.24. The number of fused-ring (bicyclic) bond motifs is 1. The standard InChI is InChI=1S/C20H26BNO2/c1-19(2)20(3,4)24-21(23-19)16-10-9-15-12-22-13-18(17(15)11-16)14-7-5-6-8-14/h9-14H,5-8H2,1-4H3. The summed E-state index contributed by atoms with van der Waals surface area (Å²) in [5.74, 6) is 0.648. The van der Waals surface area contributed by atoms with Crippen LogP contribution in [0, 0.1) is 0 Å². The highest BCUT2D eigenvalue weighted by atomic mass is 16.7. The number of benzene rings is 1. The van der Waals surface area contributed by atoms with E-state index in [1.165, 1.54) is 42.0 Å². The Hall–Kier alpha value is -1.39. The van der Waals surface area contributed by atoms with E-state index < -0.39 is 0 Å². The van der Waals surface area contributed by atoms with Gasteiger partial charge in [0.15, 0.2) is 0 Å². The molecular weight excluding hydrogens is 297 g/mol. The molecule has 3 nitrogen and oxygen atoms in total. The van der Waals surface area contributed by atoms with Crippen LogP contribution < -0.4 is 5.46 Å². The Bertz CT molecular complexity index is 749. The SMILES string of the molecule is CC1(C)OB(c2ccc3cncc(C4CCCC4)c3c2)OC1(C)C. The van der Waals surface area contributed by atoms with Crippen molar-refractivity contribution in [2.24, 2.45) is 0 Å². The Morgan fingerprint density at radius 3 is 2.33 bits per heavy atom. The van der Waals surface area contributed by atoms with Crippen molar-refractivity contribution in [3.8, 4) is 0 Å². The minimum absolute atomic E-state index is 0.302. The molecule has 1 aliphatic heterocycles. The van der Waals surface area contributed by atoms with Crippen LogP contribution in [0.2, 0.25) is 0 Å². The predicted molar refractivity (Wildman–Crippen MR) is 98.7 cm³/mol. The van der Waals surface area contributed by atoms with Gasteiger partial charge in [-0.25, -0.2) is 0 Å². The third kappa shape index (κ3) is 2.56. The van der Waals surface area contributed by atoms with E-state index in [0.717, 1.165) is 5.46 Å². The molecule has 0 atom stereocenters. The van der Waals surface area contributed by atoms with Crippen LogP contribution in [0.15, 0.2) is 30.6 Å². The van der Waals surface area contributed by atoms with E-state index in [1.807, 2.05) is 6.20 Å². The molecule has 1 saturated heterocycles. The van der Waals surface area contributed by atoms with Gasteiger partial charge >= 0.3 is 7.12 Å². The summed E-state index contributed by atoms with van der Waals surface area (Å²) in [6.45, 7) is 8.40. The number of nitrogens with zero attached hydrogens (tertiary/aromatic N) is 1. The molecule has 1 aliphatic carbocycles. The third-order valence-corrected chi connectivity index (χ3v) is 6.14. The van der Waals surface area contributed by atoms with E-state index in [2.05, 4.69) is 57.1 Å². The van der Waals surface area contributed by atoms with Gasteiger partial charge in [0.1, 0.15) is 0 Å². The number of hydrogen-bond acceptors (Lipinski definition) is 3. The lowest BCUT2D eigenvalue weighted by Gasteiger charge is -2.32. The molecular formula is C20H26BNO2. The van der Waals surface area contributed by atoms with Crippen molar-refractivity contribution >= 4 is 23.4 Å². The molecule has 0 unspecified atom stereocenters. The Kier molecular flexibility index (Phi) is 3.74. The number of aromatic nitrogens is 1. The van der Waals surface area contributed by atoms with Gasteiger partial charge in [-0.2, -0.15) is 0 Å². The van der Waals surface area contributed by atoms with Crippen LogP contribution in [-0.2, 0) is 9.31 Å². The minimum atomic E-state index is -0.306. The van der Waals surface area contributed by atoms with Crippen LogP contribution in [0.3, 0.4) is 0 Å². The third-order valence-electron chi connectivity index (χ3n) is 6.14. The Balaban J connectivity index is 1.74. The van der Waals surface area contributed by atoms with Crippen molar-refractivity contribution in [1.82, 2.24) is 4.98 Å². The van der Waals surface area contributed by atoms with Crippen molar-refractivity contribution in [2.75, 3.05) is 0 Å². The molecule has 24 heavy (non-hydrogen) atoms. The lowest BCUT2D eigenvalue weighted by Crippen LogP contribution is -2.41. The van der Waals surface area contributed by atoms with Gasteiger partial charge in [0, 0.05) is 17.8 Å². The molecule has 2 fully saturated rings. The molecule has 1 aromatic carbocycles. The summed E-state index contributed by atoms with van der Waals surface area (Å²) in [4.78, 5) is 4.47. The number of hydrogen-bond donors (Lipinski definition) is 0. The molecule has 0 spiro atoms. The zero-order valence-corrected chi connectivity index (χ0v) is 15.1. The fourth-order valence-corrected chi connectivity index (χ4v) is 3.89. The Morgan fingerprint density at radius 2 is 1.67 bits per heavy atom. The van der Waals surface area contributed by atoms with Crippen molar-refractivity contribution in [3.63, 3.8) is 0 Å². The van der Waals surface area contributed by atoms with Crippen LogP contribution in [-0.4, -0.2) is 23.3 Å². The van der Waals surface area contributed by atoms with Crippen molar-refractivity contribution in [2.45, 2.75) is 70.5 Å². The average Bonchev–Trinajstić information content (AvgIpc) is 3.13. The number of rotatable bonds is 2. The van der Waals surface area contributed by atoms with Gasteiger partial charge in [-0.15, -0.1) is 0 Å². The van der Waals surface area contributed by atoms with Crippen LogP contribution in [0.1, 0.15) is 64.9 Å². The second-order valence-corrected chi connectivity index (χ2v) is 8.28. The largest absolute Gasteiger partial charge is 0.494 e. The van der Waals surface area contributed by atoms with E-state index in [9.17, 15) is 0 Å². The van der Waals surface area contributed by atoms with E-state index in [1.54, 1.807) is 0 Å². The quantitative estimate of drug-likeness (QED) is 0.777. The normalized spacial score (nSPS) is 23.2. The maximum Gasteiger partial charge on any atom is 0.494 e. The second kappa shape index (κ2) is 5.57. The predicted octanol–water partition coefficient (Wildman–Crippen LogP) is 4.19. The zero-order chi connectivity index (χ0) is 16.9. The second-order valence-electron chi connectivity index (χ2n) is 8.28. The lowest BCUT2D eigenvalue weighted by molar-refractivity contribution is 0.00578. The van der Waals surface area contributed by atoms with Crippen LogP contribution >= 0.6 is 0 Å². The zero-order valence-electron chi connectivity index (χ0n) is 15.1. The van der Waals surface area contributed by atoms with Gasteiger partial charge in [-0.05, 0) is 62.9 Å². The summed E-state index contributed by atoms with van der Waals surface area (Å²) in [7, 11) is -0.302. The molecule has 4 rings (SSSR count). The summed E-state index contributed by atoms with van der Waals surface area (Å²) >= 11 is 0. The first-order chi connectivity index (χ1) is 11.4. The van der Waals surface area contributed by atoms with Gasteiger partial charge in [-0.3, -0.25) is 4.98 Å². The highest BCUT2D eigenvalue weighted by molar-refractivity contribution is 6.62. The summed E-state index contributed by atoms with van der Waals surface area (Å²) in [6, 6.07) is 6.53.